The first-order valence-electron chi connectivity index (χ1n) is 5.43. The van der Waals surface area contributed by atoms with Gasteiger partial charge in [0.15, 0.2) is 0 Å². The summed E-state index contributed by atoms with van der Waals surface area (Å²) in [5.74, 6) is -2.10. The number of carbonyl (C=O) groups excluding carboxylic acids is 2. The summed E-state index contributed by atoms with van der Waals surface area (Å²) in [6, 6.07) is 0. The van der Waals surface area contributed by atoms with E-state index in [0.717, 1.165) is 0 Å². The Hall–Kier alpha value is -1.04. The third-order valence-electron chi connectivity index (χ3n) is 2.27. The van der Waals surface area contributed by atoms with Crippen LogP contribution in [0, 0.1) is 11.8 Å². The first-order chi connectivity index (χ1) is 7.75. The molecule has 0 aromatic heterocycles. The van der Waals surface area contributed by atoms with Crippen molar-refractivity contribution in [2.24, 2.45) is 11.8 Å². The molecule has 0 aromatic carbocycles. The quantitative estimate of drug-likeness (QED) is 0.590. The van der Waals surface area contributed by atoms with E-state index in [4.69, 9.17) is 5.11 Å². The maximum Gasteiger partial charge on any atom is 0.322 e. The standard InChI is InChI=1S/C11H19NO4S/c1-6(2)4-8(10(17)7(3)13)11(16)12-5-9(14)15/h6,8,10,17H,4-5H2,1-3H3,(H,12,16)(H,14,15). The molecule has 6 heteroatoms. The molecule has 0 rings (SSSR count). The molecule has 0 saturated heterocycles. The van der Waals surface area contributed by atoms with Gasteiger partial charge in [0, 0.05) is 0 Å². The molecule has 1 amide bonds. The largest absolute Gasteiger partial charge is 0.480 e. The van der Waals surface area contributed by atoms with Gasteiger partial charge in [-0.05, 0) is 19.3 Å². The van der Waals surface area contributed by atoms with Crippen molar-refractivity contribution in [3.63, 3.8) is 0 Å². The summed E-state index contributed by atoms with van der Waals surface area (Å²) < 4.78 is 0. The molecule has 0 heterocycles. The van der Waals surface area contributed by atoms with E-state index in [1.165, 1.54) is 6.92 Å². The highest BCUT2D eigenvalue weighted by molar-refractivity contribution is 7.81. The van der Waals surface area contributed by atoms with Gasteiger partial charge < -0.3 is 10.4 Å². The Kier molecular flexibility index (Phi) is 6.87. The Balaban J connectivity index is 4.61. The summed E-state index contributed by atoms with van der Waals surface area (Å²) in [6.07, 6.45) is 0.499. The average molecular weight is 261 g/mol. The Bertz CT molecular complexity index is 304. The predicted octanol–water partition coefficient (Wildman–Crippen LogP) is 0.737. The number of hydrogen-bond acceptors (Lipinski definition) is 4. The molecule has 0 aliphatic carbocycles. The molecule has 17 heavy (non-hydrogen) atoms. The predicted molar refractivity (Wildman–Crippen MR) is 67.0 cm³/mol. The highest BCUT2D eigenvalue weighted by Gasteiger charge is 2.29. The Labute approximate surface area is 106 Å². The lowest BCUT2D eigenvalue weighted by Gasteiger charge is -2.22. The fourth-order valence-corrected chi connectivity index (χ4v) is 1.72. The molecule has 0 fully saturated rings. The van der Waals surface area contributed by atoms with Crippen molar-refractivity contribution in [2.45, 2.75) is 32.4 Å². The van der Waals surface area contributed by atoms with Gasteiger partial charge in [-0.1, -0.05) is 13.8 Å². The fourth-order valence-electron chi connectivity index (χ4n) is 1.46. The summed E-state index contributed by atoms with van der Waals surface area (Å²) in [5, 5.41) is 10.1. The van der Waals surface area contributed by atoms with Crippen LogP contribution in [0.15, 0.2) is 0 Å². The number of hydrogen-bond donors (Lipinski definition) is 3. The van der Waals surface area contributed by atoms with Crippen LogP contribution in [0.25, 0.3) is 0 Å². The van der Waals surface area contributed by atoms with Crippen molar-refractivity contribution in [3.8, 4) is 0 Å². The van der Waals surface area contributed by atoms with Crippen LogP contribution in [0.1, 0.15) is 27.2 Å². The van der Waals surface area contributed by atoms with Gasteiger partial charge in [-0.25, -0.2) is 0 Å². The van der Waals surface area contributed by atoms with Gasteiger partial charge in [0.2, 0.25) is 5.91 Å². The minimum absolute atomic E-state index is 0.190. The lowest BCUT2D eigenvalue weighted by molar-refractivity contribution is -0.138. The summed E-state index contributed by atoms with van der Waals surface area (Å²) in [5.41, 5.74) is 0. The number of rotatable bonds is 7. The Morgan fingerprint density at radius 1 is 1.29 bits per heavy atom. The molecule has 98 valence electrons. The number of ketones is 1. The van der Waals surface area contributed by atoms with Gasteiger partial charge in [-0.2, -0.15) is 12.6 Å². The number of thiol groups is 1. The Morgan fingerprint density at radius 3 is 2.18 bits per heavy atom. The Morgan fingerprint density at radius 2 is 1.82 bits per heavy atom. The molecule has 0 aliphatic heterocycles. The highest BCUT2D eigenvalue weighted by Crippen LogP contribution is 2.20. The summed E-state index contributed by atoms with van der Waals surface area (Å²) in [4.78, 5) is 33.3. The van der Waals surface area contributed by atoms with Crippen LogP contribution in [0.5, 0.6) is 0 Å². The minimum atomic E-state index is -1.11. The third kappa shape index (κ3) is 6.31. The zero-order valence-electron chi connectivity index (χ0n) is 10.3. The maximum atomic E-state index is 11.8. The fraction of sp³-hybridized carbons (Fsp3) is 0.727. The lowest BCUT2D eigenvalue weighted by atomic mass is 9.91. The van der Waals surface area contributed by atoms with Crippen molar-refractivity contribution in [3.05, 3.63) is 0 Å². The van der Waals surface area contributed by atoms with Gasteiger partial charge in [0.1, 0.15) is 12.3 Å². The van der Waals surface area contributed by atoms with E-state index in [-0.39, 0.29) is 11.7 Å². The van der Waals surface area contributed by atoms with Gasteiger partial charge >= 0.3 is 5.97 Å². The lowest BCUT2D eigenvalue weighted by Crippen LogP contribution is -2.41. The van der Waals surface area contributed by atoms with Crippen molar-refractivity contribution >= 4 is 30.3 Å². The number of carboxylic acids is 1. The molecule has 0 aliphatic rings. The van der Waals surface area contributed by atoms with Crippen molar-refractivity contribution < 1.29 is 19.5 Å². The van der Waals surface area contributed by atoms with Crippen molar-refractivity contribution in [1.82, 2.24) is 5.32 Å². The van der Waals surface area contributed by atoms with E-state index in [9.17, 15) is 14.4 Å². The molecule has 5 nitrogen and oxygen atoms in total. The molecular weight excluding hydrogens is 242 g/mol. The van der Waals surface area contributed by atoms with E-state index < -0.39 is 29.6 Å². The molecule has 0 saturated carbocycles. The number of carbonyl (C=O) groups is 3. The molecule has 0 bridgehead atoms. The molecule has 2 unspecified atom stereocenters. The minimum Gasteiger partial charge on any atom is -0.480 e. The smallest absolute Gasteiger partial charge is 0.322 e. The van der Waals surface area contributed by atoms with Crippen LogP contribution in [0.3, 0.4) is 0 Å². The van der Waals surface area contributed by atoms with E-state index >= 15 is 0 Å². The topological polar surface area (TPSA) is 83.5 Å². The second-order valence-electron chi connectivity index (χ2n) is 4.40. The van der Waals surface area contributed by atoms with E-state index in [1.807, 2.05) is 13.8 Å². The summed E-state index contributed by atoms with van der Waals surface area (Å²) in [6.45, 7) is 4.79. The number of aliphatic carboxylic acids is 1. The van der Waals surface area contributed by atoms with Crippen LogP contribution in [-0.4, -0.2) is 34.6 Å². The molecular formula is C11H19NO4S. The van der Waals surface area contributed by atoms with Crippen LogP contribution in [0.2, 0.25) is 0 Å². The van der Waals surface area contributed by atoms with E-state index in [1.54, 1.807) is 0 Å². The second-order valence-corrected chi connectivity index (χ2v) is 4.96. The zero-order chi connectivity index (χ0) is 13.6. The van der Waals surface area contributed by atoms with E-state index in [0.29, 0.717) is 6.42 Å². The van der Waals surface area contributed by atoms with Crippen LogP contribution < -0.4 is 5.32 Å². The number of Topliss-reactive ketones (excluding diaryl/α,β-unsaturated/α-hetero) is 1. The summed E-state index contributed by atoms with van der Waals surface area (Å²) >= 11 is 4.12. The van der Waals surface area contributed by atoms with Gasteiger partial charge in [-0.3, -0.25) is 14.4 Å². The normalized spacial score (nSPS) is 14.2. The average Bonchev–Trinajstić information content (AvgIpc) is 2.21. The molecule has 0 aromatic rings. The monoisotopic (exact) mass is 261 g/mol. The SMILES string of the molecule is CC(=O)C(S)C(CC(C)C)C(=O)NCC(=O)O. The molecule has 0 spiro atoms. The van der Waals surface area contributed by atoms with Crippen LogP contribution in [-0.2, 0) is 14.4 Å². The number of amides is 1. The highest BCUT2D eigenvalue weighted by atomic mass is 32.1. The number of carboxylic acid groups (broad SMARTS) is 1. The second kappa shape index (κ2) is 7.32. The summed E-state index contributed by atoms with van der Waals surface area (Å²) in [7, 11) is 0. The van der Waals surface area contributed by atoms with Crippen molar-refractivity contribution in [2.75, 3.05) is 6.54 Å². The molecule has 0 radical (unpaired) electrons. The van der Waals surface area contributed by atoms with Crippen molar-refractivity contribution in [1.29, 1.82) is 0 Å². The van der Waals surface area contributed by atoms with Crippen LogP contribution >= 0.6 is 12.6 Å². The maximum absolute atomic E-state index is 11.8. The number of nitrogens with one attached hydrogen (secondary N) is 1. The van der Waals surface area contributed by atoms with Crippen LogP contribution in [0.4, 0.5) is 0 Å². The zero-order valence-corrected chi connectivity index (χ0v) is 11.2. The molecule has 2 atom stereocenters. The molecule has 2 N–H and O–H groups in total. The third-order valence-corrected chi connectivity index (χ3v) is 3.00. The first kappa shape index (κ1) is 16.0. The van der Waals surface area contributed by atoms with Gasteiger partial charge in [-0.15, -0.1) is 0 Å². The van der Waals surface area contributed by atoms with E-state index in [2.05, 4.69) is 17.9 Å². The van der Waals surface area contributed by atoms with Gasteiger partial charge in [0.05, 0.1) is 11.2 Å². The first-order valence-corrected chi connectivity index (χ1v) is 5.95. The van der Waals surface area contributed by atoms with Gasteiger partial charge in [0.25, 0.3) is 0 Å².